The van der Waals surface area contributed by atoms with E-state index in [0.717, 1.165) is 38.8 Å². The fourth-order valence-corrected chi connectivity index (χ4v) is 3.75. The maximum atomic E-state index is 12.7. The zero-order valence-corrected chi connectivity index (χ0v) is 12.5. The van der Waals surface area contributed by atoms with Crippen LogP contribution in [-0.4, -0.2) is 29.4 Å². The second-order valence-electron chi connectivity index (χ2n) is 6.33. The lowest BCUT2D eigenvalue weighted by Gasteiger charge is -2.32. The third kappa shape index (κ3) is 2.24. The summed E-state index contributed by atoms with van der Waals surface area (Å²) in [6.07, 6.45) is 4.37. The van der Waals surface area contributed by atoms with Gasteiger partial charge >= 0.3 is 0 Å². The van der Waals surface area contributed by atoms with Gasteiger partial charge in [0.1, 0.15) is 5.54 Å². The Morgan fingerprint density at radius 3 is 2.40 bits per heavy atom. The Hall–Kier alpha value is -1.35. The number of carbonyl (C=O) groups is 1. The van der Waals surface area contributed by atoms with Crippen LogP contribution in [-0.2, 0) is 4.79 Å². The molecule has 3 nitrogen and oxygen atoms in total. The highest BCUT2D eigenvalue weighted by molar-refractivity contribution is 5.87. The van der Waals surface area contributed by atoms with Gasteiger partial charge < -0.3 is 5.32 Å². The first kappa shape index (κ1) is 13.6. The normalized spacial score (nSPS) is 22.5. The molecule has 2 aliphatic heterocycles. The quantitative estimate of drug-likeness (QED) is 0.917. The first-order valence-electron chi connectivity index (χ1n) is 7.74. The fourth-order valence-electron chi connectivity index (χ4n) is 3.75. The molecule has 2 saturated heterocycles. The smallest absolute Gasteiger partial charge is 0.240 e. The van der Waals surface area contributed by atoms with Crippen LogP contribution in [0.3, 0.4) is 0 Å². The average Bonchev–Trinajstić information content (AvgIpc) is 2.99. The molecule has 1 N–H and O–H groups in total. The van der Waals surface area contributed by atoms with Gasteiger partial charge in [-0.05, 0) is 58.2 Å². The molecular formula is C17H24N2O. The van der Waals surface area contributed by atoms with Crippen LogP contribution >= 0.6 is 0 Å². The molecule has 1 aromatic rings. The molecule has 1 aromatic carbocycles. The molecule has 2 fully saturated rings. The highest BCUT2D eigenvalue weighted by atomic mass is 16.2. The molecule has 3 heteroatoms. The predicted molar refractivity (Wildman–Crippen MR) is 80.5 cm³/mol. The van der Waals surface area contributed by atoms with Crippen LogP contribution in [0.1, 0.15) is 49.8 Å². The first-order chi connectivity index (χ1) is 9.62. The summed E-state index contributed by atoms with van der Waals surface area (Å²) < 4.78 is 0. The first-order valence-corrected chi connectivity index (χ1v) is 7.74. The lowest BCUT2D eigenvalue weighted by molar-refractivity contribution is -0.131. The molecule has 0 radical (unpaired) electrons. The van der Waals surface area contributed by atoms with Crippen LogP contribution in [0, 0.1) is 6.92 Å². The third-order valence-electron chi connectivity index (χ3n) is 4.99. The van der Waals surface area contributed by atoms with E-state index in [9.17, 15) is 4.79 Å². The zero-order chi connectivity index (χ0) is 14.2. The monoisotopic (exact) mass is 272 g/mol. The van der Waals surface area contributed by atoms with E-state index in [1.807, 2.05) is 0 Å². The van der Waals surface area contributed by atoms with E-state index in [2.05, 4.69) is 48.3 Å². The predicted octanol–water partition coefficient (Wildman–Crippen LogP) is 2.80. The van der Waals surface area contributed by atoms with Gasteiger partial charge in [-0.3, -0.25) is 9.69 Å². The molecule has 2 aliphatic rings. The highest BCUT2D eigenvalue weighted by Crippen LogP contribution is 2.39. The number of amides is 1. The van der Waals surface area contributed by atoms with Crippen LogP contribution in [0.25, 0.3) is 0 Å². The van der Waals surface area contributed by atoms with Gasteiger partial charge in [0.2, 0.25) is 5.91 Å². The summed E-state index contributed by atoms with van der Waals surface area (Å²) in [7, 11) is 0. The molecule has 1 amide bonds. The van der Waals surface area contributed by atoms with Crippen molar-refractivity contribution in [1.82, 2.24) is 10.2 Å². The molecule has 108 valence electrons. The van der Waals surface area contributed by atoms with Gasteiger partial charge in [0.25, 0.3) is 0 Å². The Kier molecular flexibility index (Phi) is 3.55. The molecule has 2 heterocycles. The number of nitrogens with one attached hydrogen (secondary N) is 1. The van der Waals surface area contributed by atoms with Crippen LogP contribution in [0.15, 0.2) is 24.3 Å². The minimum absolute atomic E-state index is 0.0838. The molecule has 3 rings (SSSR count). The van der Waals surface area contributed by atoms with E-state index in [4.69, 9.17) is 0 Å². The zero-order valence-electron chi connectivity index (χ0n) is 12.5. The highest BCUT2D eigenvalue weighted by Gasteiger charge is 2.50. The van der Waals surface area contributed by atoms with Crippen molar-refractivity contribution in [2.45, 2.75) is 51.1 Å². The maximum absolute atomic E-state index is 12.7. The average molecular weight is 272 g/mol. The van der Waals surface area contributed by atoms with Crippen molar-refractivity contribution in [3.05, 3.63) is 35.4 Å². The summed E-state index contributed by atoms with van der Waals surface area (Å²) in [6.45, 7) is 6.34. The summed E-state index contributed by atoms with van der Waals surface area (Å²) in [5.41, 5.74) is 2.24. The van der Waals surface area contributed by atoms with Crippen LogP contribution in [0.4, 0.5) is 0 Å². The number of carbonyl (C=O) groups excluding carboxylic acids is 1. The molecule has 0 bridgehead atoms. The maximum Gasteiger partial charge on any atom is 0.240 e. The minimum atomic E-state index is -0.195. The van der Waals surface area contributed by atoms with E-state index in [1.165, 1.54) is 11.1 Å². The van der Waals surface area contributed by atoms with Crippen molar-refractivity contribution in [3.8, 4) is 0 Å². The van der Waals surface area contributed by atoms with E-state index < -0.39 is 0 Å². The molecular weight excluding hydrogens is 248 g/mol. The standard InChI is InChI=1S/C17H24N2O/c1-13-5-7-15(8-6-13)14(2)18-16(20)17-9-3-11-19(17)12-4-10-17/h5-8,14H,3-4,9-12H2,1-2H3,(H,18,20). The van der Waals surface area contributed by atoms with Crippen molar-refractivity contribution >= 4 is 5.91 Å². The summed E-state index contributed by atoms with van der Waals surface area (Å²) in [6, 6.07) is 8.51. The van der Waals surface area contributed by atoms with Gasteiger partial charge in [0.15, 0.2) is 0 Å². The Bertz CT molecular complexity index is 484. The van der Waals surface area contributed by atoms with Gasteiger partial charge in [0, 0.05) is 0 Å². The second kappa shape index (κ2) is 5.21. The van der Waals surface area contributed by atoms with Crippen molar-refractivity contribution in [3.63, 3.8) is 0 Å². The summed E-state index contributed by atoms with van der Waals surface area (Å²) in [4.78, 5) is 15.1. The van der Waals surface area contributed by atoms with Gasteiger partial charge in [-0.15, -0.1) is 0 Å². The number of rotatable bonds is 3. The number of aryl methyl sites for hydroxylation is 1. The van der Waals surface area contributed by atoms with Crippen molar-refractivity contribution in [2.24, 2.45) is 0 Å². The lowest BCUT2D eigenvalue weighted by Crippen LogP contribution is -2.52. The SMILES string of the molecule is Cc1ccc(C(C)NC(=O)C23CCCN2CCC3)cc1. The van der Waals surface area contributed by atoms with Gasteiger partial charge in [0.05, 0.1) is 6.04 Å². The number of fused-ring (bicyclic) bond motifs is 1. The number of hydrogen-bond donors (Lipinski definition) is 1. The molecule has 1 unspecified atom stereocenters. The Morgan fingerprint density at radius 2 is 1.80 bits per heavy atom. The fraction of sp³-hybridized carbons (Fsp3) is 0.588. The van der Waals surface area contributed by atoms with Gasteiger partial charge in [-0.2, -0.15) is 0 Å². The number of hydrogen-bond acceptors (Lipinski definition) is 2. The van der Waals surface area contributed by atoms with E-state index in [1.54, 1.807) is 0 Å². The Balaban J connectivity index is 1.71. The third-order valence-corrected chi connectivity index (χ3v) is 4.99. The van der Waals surface area contributed by atoms with Crippen LogP contribution in [0.2, 0.25) is 0 Å². The Morgan fingerprint density at radius 1 is 1.20 bits per heavy atom. The van der Waals surface area contributed by atoms with Crippen molar-refractivity contribution in [1.29, 1.82) is 0 Å². The van der Waals surface area contributed by atoms with Crippen molar-refractivity contribution in [2.75, 3.05) is 13.1 Å². The van der Waals surface area contributed by atoms with E-state index >= 15 is 0 Å². The molecule has 20 heavy (non-hydrogen) atoms. The molecule has 0 aliphatic carbocycles. The second-order valence-corrected chi connectivity index (χ2v) is 6.33. The molecule has 0 spiro atoms. The summed E-state index contributed by atoms with van der Waals surface area (Å²) >= 11 is 0. The molecule has 0 aromatic heterocycles. The van der Waals surface area contributed by atoms with Crippen molar-refractivity contribution < 1.29 is 4.79 Å². The summed E-state index contributed by atoms with van der Waals surface area (Å²) in [5.74, 6) is 0.237. The number of benzene rings is 1. The van der Waals surface area contributed by atoms with Gasteiger partial charge in [-0.1, -0.05) is 29.8 Å². The number of nitrogens with zero attached hydrogens (tertiary/aromatic N) is 1. The molecule has 1 atom stereocenters. The van der Waals surface area contributed by atoms with Crippen LogP contribution in [0.5, 0.6) is 0 Å². The van der Waals surface area contributed by atoms with Crippen LogP contribution < -0.4 is 5.32 Å². The van der Waals surface area contributed by atoms with Gasteiger partial charge in [-0.25, -0.2) is 0 Å². The lowest BCUT2D eigenvalue weighted by atomic mass is 9.92. The Labute approximate surface area is 121 Å². The topological polar surface area (TPSA) is 32.3 Å². The van der Waals surface area contributed by atoms with E-state index in [0.29, 0.717) is 0 Å². The van der Waals surface area contributed by atoms with E-state index in [-0.39, 0.29) is 17.5 Å². The minimum Gasteiger partial charge on any atom is -0.348 e. The largest absolute Gasteiger partial charge is 0.348 e. The molecule has 0 saturated carbocycles. The summed E-state index contributed by atoms with van der Waals surface area (Å²) in [5, 5.41) is 3.24.